The van der Waals surface area contributed by atoms with E-state index in [9.17, 15) is 14.0 Å². The Balaban J connectivity index is 0.00000289. The van der Waals surface area contributed by atoms with Gasteiger partial charge in [-0.1, -0.05) is 30.3 Å². The molecule has 0 atom stereocenters. The Kier molecular flexibility index (Phi) is 8.78. The number of allylic oxidation sites excluding steroid dienone is 1. The second kappa shape index (κ2) is 11.5. The molecule has 3 heterocycles. The summed E-state index contributed by atoms with van der Waals surface area (Å²) in [6, 6.07) is 12.6. The number of imide groups is 1. The molecule has 4 rings (SSSR count). The molecule has 1 aliphatic heterocycles. The van der Waals surface area contributed by atoms with E-state index in [0.717, 1.165) is 41.0 Å². The number of halogens is 2. The summed E-state index contributed by atoms with van der Waals surface area (Å²) in [5.74, 6) is 0.414. The van der Waals surface area contributed by atoms with Gasteiger partial charge >= 0.3 is 0 Å². The first-order valence-corrected chi connectivity index (χ1v) is 12.0. The van der Waals surface area contributed by atoms with Gasteiger partial charge in [0.15, 0.2) is 0 Å². The average molecular weight is 492 g/mol. The highest BCUT2D eigenvalue weighted by Crippen LogP contribution is 2.31. The van der Waals surface area contributed by atoms with Crippen molar-refractivity contribution in [3.8, 4) is 0 Å². The maximum absolute atomic E-state index is 13.7. The van der Waals surface area contributed by atoms with Crippen LogP contribution in [0.2, 0.25) is 0 Å². The highest BCUT2D eigenvalue weighted by atomic mass is 35.5. The minimum absolute atomic E-state index is 0. The van der Waals surface area contributed by atoms with E-state index in [1.165, 1.54) is 11.0 Å². The SMILES string of the molecule is Cl.O=C1SC(=CCCc2ccccc2F)C(=O)N1CCCCSc1cccc2nccn12. The Labute approximate surface area is 200 Å². The van der Waals surface area contributed by atoms with Crippen LogP contribution in [0.3, 0.4) is 0 Å². The lowest BCUT2D eigenvalue weighted by Crippen LogP contribution is -2.29. The van der Waals surface area contributed by atoms with E-state index < -0.39 is 0 Å². The zero-order valence-electron chi connectivity index (χ0n) is 17.3. The molecule has 1 aromatic carbocycles. The molecule has 2 aromatic heterocycles. The number of hydrogen-bond donors (Lipinski definition) is 0. The summed E-state index contributed by atoms with van der Waals surface area (Å²) in [7, 11) is 0. The summed E-state index contributed by atoms with van der Waals surface area (Å²) >= 11 is 2.71. The molecule has 1 saturated heterocycles. The summed E-state index contributed by atoms with van der Waals surface area (Å²) in [6.07, 6.45) is 8.14. The van der Waals surface area contributed by atoms with Crippen LogP contribution >= 0.6 is 35.9 Å². The van der Waals surface area contributed by atoms with E-state index in [2.05, 4.69) is 11.1 Å². The summed E-state index contributed by atoms with van der Waals surface area (Å²) in [5.41, 5.74) is 1.53. The van der Waals surface area contributed by atoms with Crippen LogP contribution in [0.5, 0.6) is 0 Å². The number of fused-ring (bicyclic) bond motifs is 1. The predicted octanol–water partition coefficient (Wildman–Crippen LogP) is 5.98. The van der Waals surface area contributed by atoms with Crippen LogP contribution in [0.15, 0.2) is 70.9 Å². The minimum atomic E-state index is -0.244. The Morgan fingerprint density at radius 1 is 1.09 bits per heavy atom. The van der Waals surface area contributed by atoms with Crippen LogP contribution < -0.4 is 0 Å². The number of amides is 2. The Morgan fingerprint density at radius 3 is 2.78 bits per heavy atom. The molecule has 3 aromatic rings. The normalized spacial score (nSPS) is 15.0. The molecule has 32 heavy (non-hydrogen) atoms. The zero-order valence-corrected chi connectivity index (χ0v) is 19.7. The van der Waals surface area contributed by atoms with Gasteiger partial charge < -0.3 is 0 Å². The lowest BCUT2D eigenvalue weighted by molar-refractivity contribution is -0.122. The first-order chi connectivity index (χ1) is 15.1. The van der Waals surface area contributed by atoms with Gasteiger partial charge in [0.2, 0.25) is 0 Å². The molecule has 0 N–H and O–H groups in total. The number of pyridine rings is 1. The molecule has 0 saturated carbocycles. The molecule has 0 bridgehead atoms. The van der Waals surface area contributed by atoms with Crippen molar-refractivity contribution in [1.29, 1.82) is 0 Å². The highest BCUT2D eigenvalue weighted by Gasteiger charge is 2.34. The van der Waals surface area contributed by atoms with Crippen molar-refractivity contribution in [2.24, 2.45) is 0 Å². The number of unbranched alkanes of at least 4 members (excludes halogenated alkanes) is 1. The van der Waals surface area contributed by atoms with Crippen LogP contribution in [-0.2, 0) is 11.2 Å². The fourth-order valence-electron chi connectivity index (χ4n) is 3.38. The molecule has 0 spiro atoms. The molecule has 1 aliphatic rings. The van der Waals surface area contributed by atoms with Gasteiger partial charge in [-0.25, -0.2) is 9.37 Å². The van der Waals surface area contributed by atoms with Gasteiger partial charge in [0, 0.05) is 18.9 Å². The first-order valence-electron chi connectivity index (χ1n) is 10.2. The number of imidazole rings is 1. The van der Waals surface area contributed by atoms with Gasteiger partial charge in [-0.05, 0) is 67.0 Å². The van der Waals surface area contributed by atoms with Gasteiger partial charge in [0.25, 0.3) is 11.1 Å². The van der Waals surface area contributed by atoms with Crippen LogP contribution in [0.1, 0.15) is 24.8 Å². The van der Waals surface area contributed by atoms with Gasteiger partial charge in [-0.2, -0.15) is 0 Å². The maximum Gasteiger partial charge on any atom is 0.293 e. The first kappa shape index (κ1) is 24.4. The second-order valence-corrected chi connectivity index (χ2v) is 9.21. The van der Waals surface area contributed by atoms with Crippen molar-refractivity contribution in [3.05, 3.63) is 77.2 Å². The molecule has 5 nitrogen and oxygen atoms in total. The number of carbonyl (C=O) groups excluding carboxylic acids is 2. The predicted molar refractivity (Wildman–Crippen MR) is 130 cm³/mol. The van der Waals surface area contributed by atoms with Crippen molar-refractivity contribution in [3.63, 3.8) is 0 Å². The van der Waals surface area contributed by atoms with E-state index in [1.807, 2.05) is 22.7 Å². The molecule has 9 heteroatoms. The van der Waals surface area contributed by atoms with Gasteiger partial charge in [0.05, 0.1) is 9.93 Å². The lowest BCUT2D eigenvalue weighted by Gasteiger charge is -2.12. The molecular weight excluding hydrogens is 469 g/mol. The van der Waals surface area contributed by atoms with E-state index in [0.29, 0.717) is 29.9 Å². The van der Waals surface area contributed by atoms with E-state index in [1.54, 1.807) is 42.2 Å². The Bertz CT molecular complexity index is 1140. The van der Waals surface area contributed by atoms with Crippen LogP contribution in [0.4, 0.5) is 9.18 Å². The molecule has 2 amide bonds. The topological polar surface area (TPSA) is 54.7 Å². The fourth-order valence-corrected chi connectivity index (χ4v) is 5.28. The van der Waals surface area contributed by atoms with Crippen molar-refractivity contribution < 1.29 is 14.0 Å². The largest absolute Gasteiger partial charge is 0.294 e. The summed E-state index contributed by atoms with van der Waals surface area (Å²) in [6.45, 7) is 0.422. The molecule has 168 valence electrons. The monoisotopic (exact) mass is 491 g/mol. The maximum atomic E-state index is 13.7. The zero-order chi connectivity index (χ0) is 21.6. The number of benzene rings is 1. The summed E-state index contributed by atoms with van der Waals surface area (Å²) < 4.78 is 15.7. The fraction of sp³-hybridized carbons (Fsp3) is 0.261. The highest BCUT2D eigenvalue weighted by molar-refractivity contribution is 8.18. The number of carbonyl (C=O) groups is 2. The third kappa shape index (κ3) is 5.74. The van der Waals surface area contributed by atoms with Crippen molar-refractivity contribution in [2.45, 2.75) is 30.7 Å². The van der Waals surface area contributed by atoms with Gasteiger partial charge in [0.1, 0.15) is 11.5 Å². The second-order valence-electron chi connectivity index (χ2n) is 7.10. The van der Waals surface area contributed by atoms with E-state index in [4.69, 9.17) is 0 Å². The number of rotatable bonds is 9. The Hall–Kier alpha value is -2.29. The quantitative estimate of drug-likeness (QED) is 0.209. The number of aryl methyl sites for hydroxylation is 1. The minimum Gasteiger partial charge on any atom is -0.294 e. The third-order valence-electron chi connectivity index (χ3n) is 4.99. The van der Waals surface area contributed by atoms with Crippen molar-refractivity contribution in [1.82, 2.24) is 14.3 Å². The molecule has 0 unspecified atom stereocenters. The lowest BCUT2D eigenvalue weighted by atomic mass is 10.1. The van der Waals surface area contributed by atoms with Crippen LogP contribution in [0, 0.1) is 5.82 Å². The van der Waals surface area contributed by atoms with E-state index in [-0.39, 0.29) is 29.4 Å². The van der Waals surface area contributed by atoms with Gasteiger partial charge in [-0.3, -0.25) is 18.9 Å². The van der Waals surface area contributed by atoms with Crippen molar-refractivity contribution >= 4 is 52.7 Å². The average Bonchev–Trinajstić information content (AvgIpc) is 3.35. The summed E-state index contributed by atoms with van der Waals surface area (Å²) in [4.78, 5) is 30.8. The van der Waals surface area contributed by atoms with Crippen LogP contribution in [0.25, 0.3) is 5.65 Å². The summed E-state index contributed by atoms with van der Waals surface area (Å²) in [5, 5.41) is 0.900. The standard InChI is InChI=1S/C23H22FN3O2S2.ClH/c24-18-9-2-1-7-17(18)8-5-10-19-22(28)27(23(29)31-19)14-3-4-16-30-21-12-6-11-20-25-13-15-26(20)21;/h1-2,6-7,9-13,15H,3-5,8,14,16H2;1H. The molecule has 1 fully saturated rings. The number of hydrogen-bond acceptors (Lipinski definition) is 5. The number of aromatic nitrogens is 2. The third-order valence-corrected chi connectivity index (χ3v) is 7.07. The number of nitrogens with zero attached hydrogens (tertiary/aromatic N) is 3. The van der Waals surface area contributed by atoms with Gasteiger partial charge in [-0.15, -0.1) is 24.2 Å². The Morgan fingerprint density at radius 2 is 1.94 bits per heavy atom. The number of thioether (sulfide) groups is 2. The smallest absolute Gasteiger partial charge is 0.293 e. The molecule has 0 aliphatic carbocycles. The van der Waals surface area contributed by atoms with E-state index >= 15 is 0 Å². The van der Waals surface area contributed by atoms with Crippen molar-refractivity contribution in [2.75, 3.05) is 12.3 Å². The van der Waals surface area contributed by atoms with Crippen LogP contribution in [-0.4, -0.2) is 37.7 Å². The molecular formula is C23H23ClFN3O2S2. The molecule has 0 radical (unpaired) electrons.